The van der Waals surface area contributed by atoms with Gasteiger partial charge >= 0.3 is 0 Å². The molecule has 0 saturated heterocycles. The zero-order chi connectivity index (χ0) is 19.4. The van der Waals surface area contributed by atoms with Crippen molar-refractivity contribution in [1.82, 2.24) is 19.9 Å². The zero-order valence-corrected chi connectivity index (χ0v) is 15.1. The van der Waals surface area contributed by atoms with Crippen LogP contribution in [0.5, 0.6) is 11.5 Å². The molecule has 3 rings (SSSR count). The lowest BCUT2D eigenvalue weighted by Crippen LogP contribution is -2.24. The molecule has 3 N–H and O–H groups in total. The number of nitrogens with zero attached hydrogens (tertiary/aromatic N) is 3. The predicted octanol–water partition coefficient (Wildman–Crippen LogP) is 1.19. The molecule has 3 aromatic rings. The maximum absolute atomic E-state index is 12.5. The van der Waals surface area contributed by atoms with Gasteiger partial charge < -0.3 is 20.5 Å². The van der Waals surface area contributed by atoms with Crippen LogP contribution in [0.15, 0.2) is 36.5 Å². The Balaban J connectivity index is 1.76. The third-order valence-electron chi connectivity index (χ3n) is 3.64. The van der Waals surface area contributed by atoms with E-state index in [-0.39, 0.29) is 41.1 Å². The van der Waals surface area contributed by atoms with Crippen LogP contribution in [0.3, 0.4) is 0 Å². The molecule has 0 spiro atoms. The number of hydrogen-bond acceptors (Lipinski definition) is 6. The maximum atomic E-state index is 12.5. The molecule has 10 heteroatoms. The summed E-state index contributed by atoms with van der Waals surface area (Å²) in [5.74, 6) is -0.113. The van der Waals surface area contributed by atoms with Gasteiger partial charge in [0.2, 0.25) is 0 Å². The Bertz CT molecular complexity index is 1000. The molecular formula is C17H16ClN5O4. The lowest BCUT2D eigenvalue weighted by atomic mass is 10.2. The second-order valence-electron chi connectivity index (χ2n) is 5.47. The van der Waals surface area contributed by atoms with E-state index in [1.165, 1.54) is 19.2 Å². The van der Waals surface area contributed by atoms with Crippen LogP contribution in [0, 0.1) is 0 Å². The average Bonchev–Trinajstić information content (AvgIpc) is 3.07. The van der Waals surface area contributed by atoms with Crippen LogP contribution in [-0.4, -0.2) is 40.1 Å². The molecule has 0 radical (unpaired) electrons. The molecule has 0 atom stereocenters. The number of benzene rings is 1. The highest BCUT2D eigenvalue weighted by Crippen LogP contribution is 2.36. The number of aromatic nitrogens is 3. The van der Waals surface area contributed by atoms with Crippen molar-refractivity contribution in [3.63, 3.8) is 0 Å². The smallest absolute Gasteiger partial charge is 0.255 e. The number of primary amides is 1. The van der Waals surface area contributed by atoms with Crippen molar-refractivity contribution in [3.05, 3.63) is 52.9 Å². The van der Waals surface area contributed by atoms with Crippen molar-refractivity contribution in [2.75, 3.05) is 13.7 Å². The van der Waals surface area contributed by atoms with Crippen LogP contribution < -0.4 is 20.5 Å². The Morgan fingerprint density at radius 2 is 2.11 bits per heavy atom. The minimum absolute atomic E-state index is 0.119. The summed E-state index contributed by atoms with van der Waals surface area (Å²) in [6, 6.07) is 8.38. The molecule has 9 nitrogen and oxygen atoms in total. The molecule has 2 aromatic heterocycles. The number of hydrogen-bond donors (Lipinski definition) is 2. The van der Waals surface area contributed by atoms with Gasteiger partial charge in [0.1, 0.15) is 0 Å². The first kappa shape index (κ1) is 18.5. The van der Waals surface area contributed by atoms with E-state index in [9.17, 15) is 9.59 Å². The number of fused-ring (bicyclic) bond motifs is 1. The normalized spacial score (nSPS) is 10.6. The van der Waals surface area contributed by atoms with Crippen LogP contribution >= 0.6 is 11.6 Å². The summed E-state index contributed by atoms with van der Waals surface area (Å²) in [6.45, 7) is -0.189. The van der Waals surface area contributed by atoms with Gasteiger partial charge in [-0.3, -0.25) is 14.0 Å². The number of methoxy groups -OCH3 is 1. The molecule has 140 valence electrons. The highest BCUT2D eigenvalue weighted by atomic mass is 35.5. The van der Waals surface area contributed by atoms with Crippen molar-refractivity contribution < 1.29 is 19.1 Å². The van der Waals surface area contributed by atoms with E-state index in [0.29, 0.717) is 11.5 Å². The van der Waals surface area contributed by atoms with E-state index in [4.69, 9.17) is 26.8 Å². The number of ether oxygens (including phenoxy) is 2. The summed E-state index contributed by atoms with van der Waals surface area (Å²) in [4.78, 5) is 23.4. The van der Waals surface area contributed by atoms with Gasteiger partial charge in [0.15, 0.2) is 29.6 Å². The average molecular weight is 390 g/mol. The maximum Gasteiger partial charge on any atom is 0.255 e. The number of halogens is 1. The van der Waals surface area contributed by atoms with Crippen molar-refractivity contribution in [1.29, 1.82) is 0 Å². The summed E-state index contributed by atoms with van der Waals surface area (Å²) in [6.07, 6.45) is 1.81. The summed E-state index contributed by atoms with van der Waals surface area (Å²) < 4.78 is 12.2. The lowest BCUT2D eigenvalue weighted by molar-refractivity contribution is -0.119. The van der Waals surface area contributed by atoms with E-state index < -0.39 is 5.91 Å². The van der Waals surface area contributed by atoms with Crippen molar-refractivity contribution >= 4 is 29.1 Å². The van der Waals surface area contributed by atoms with Gasteiger partial charge in [0.25, 0.3) is 11.8 Å². The van der Waals surface area contributed by atoms with Gasteiger partial charge in [0, 0.05) is 11.8 Å². The van der Waals surface area contributed by atoms with Gasteiger partial charge in [-0.15, -0.1) is 10.2 Å². The molecule has 0 aliphatic carbocycles. The summed E-state index contributed by atoms with van der Waals surface area (Å²) in [7, 11) is 1.40. The first-order valence-corrected chi connectivity index (χ1v) is 8.23. The van der Waals surface area contributed by atoms with Gasteiger partial charge in [-0.05, 0) is 24.3 Å². The number of carbonyl (C=O) groups excluding carboxylic acids is 2. The Hall–Kier alpha value is -3.33. The number of rotatable bonds is 7. The molecule has 0 saturated carbocycles. The third kappa shape index (κ3) is 4.09. The quantitative estimate of drug-likeness (QED) is 0.626. The zero-order valence-electron chi connectivity index (χ0n) is 14.3. The Morgan fingerprint density at radius 1 is 1.30 bits per heavy atom. The molecule has 2 amide bonds. The standard InChI is InChI=1S/C17H16ClN5O4/c1-26-12-7-10(6-11(18)16(12)27-9-13(19)24)17(25)20-8-15-22-21-14-4-2-3-5-23(14)15/h2-7H,8-9H2,1H3,(H2,19,24)(H,20,25). The minimum Gasteiger partial charge on any atom is -0.493 e. The molecule has 27 heavy (non-hydrogen) atoms. The van der Waals surface area contributed by atoms with E-state index in [0.717, 1.165) is 0 Å². The molecule has 0 aliphatic heterocycles. The number of amides is 2. The highest BCUT2D eigenvalue weighted by Gasteiger charge is 2.17. The third-order valence-corrected chi connectivity index (χ3v) is 3.92. The van der Waals surface area contributed by atoms with Crippen molar-refractivity contribution in [3.8, 4) is 11.5 Å². The molecular weight excluding hydrogens is 374 g/mol. The van der Waals surface area contributed by atoms with E-state index >= 15 is 0 Å². The van der Waals surface area contributed by atoms with Crippen LogP contribution in [0.2, 0.25) is 5.02 Å². The predicted molar refractivity (Wildman–Crippen MR) is 96.9 cm³/mol. The second-order valence-corrected chi connectivity index (χ2v) is 5.88. The fourth-order valence-electron chi connectivity index (χ4n) is 2.41. The highest BCUT2D eigenvalue weighted by molar-refractivity contribution is 6.32. The van der Waals surface area contributed by atoms with Crippen LogP contribution in [0.25, 0.3) is 5.65 Å². The van der Waals surface area contributed by atoms with Gasteiger partial charge in [-0.25, -0.2) is 0 Å². The summed E-state index contributed by atoms with van der Waals surface area (Å²) >= 11 is 6.16. The molecule has 2 heterocycles. The number of nitrogens with one attached hydrogen (secondary N) is 1. The minimum atomic E-state index is -0.657. The number of nitrogens with two attached hydrogens (primary N) is 1. The van der Waals surface area contributed by atoms with Crippen molar-refractivity contribution in [2.24, 2.45) is 5.73 Å². The van der Waals surface area contributed by atoms with Gasteiger partial charge in [-0.2, -0.15) is 0 Å². The molecule has 0 bridgehead atoms. The van der Waals surface area contributed by atoms with Crippen LogP contribution in [-0.2, 0) is 11.3 Å². The fourth-order valence-corrected chi connectivity index (χ4v) is 2.67. The van der Waals surface area contributed by atoms with E-state index in [1.807, 2.05) is 24.4 Å². The number of pyridine rings is 1. The second kappa shape index (κ2) is 7.92. The Morgan fingerprint density at radius 3 is 2.85 bits per heavy atom. The molecule has 0 aliphatic rings. The SMILES string of the molecule is COc1cc(C(=O)NCc2nnc3ccccn23)cc(Cl)c1OCC(N)=O. The monoisotopic (exact) mass is 389 g/mol. The first-order chi connectivity index (χ1) is 13.0. The lowest BCUT2D eigenvalue weighted by Gasteiger charge is -2.13. The van der Waals surface area contributed by atoms with Gasteiger partial charge in [0.05, 0.1) is 18.7 Å². The van der Waals surface area contributed by atoms with E-state index in [1.54, 1.807) is 4.40 Å². The molecule has 0 unspecified atom stereocenters. The Labute approximate surface area is 159 Å². The number of carbonyl (C=O) groups is 2. The first-order valence-electron chi connectivity index (χ1n) is 7.85. The van der Waals surface area contributed by atoms with Crippen molar-refractivity contribution in [2.45, 2.75) is 6.54 Å². The summed E-state index contributed by atoms with van der Waals surface area (Å²) in [5.41, 5.74) is 6.00. The largest absolute Gasteiger partial charge is 0.493 e. The van der Waals surface area contributed by atoms with Crippen LogP contribution in [0.1, 0.15) is 16.2 Å². The molecule has 1 aromatic carbocycles. The van der Waals surface area contributed by atoms with E-state index in [2.05, 4.69) is 15.5 Å². The van der Waals surface area contributed by atoms with Crippen LogP contribution in [0.4, 0.5) is 0 Å². The van der Waals surface area contributed by atoms with Gasteiger partial charge in [-0.1, -0.05) is 17.7 Å². The fraction of sp³-hybridized carbons (Fsp3) is 0.176. The Kier molecular flexibility index (Phi) is 5.41. The molecule has 0 fully saturated rings. The summed E-state index contributed by atoms with van der Waals surface area (Å²) in [5, 5.41) is 10.9. The topological polar surface area (TPSA) is 121 Å².